The molecule has 5 heteroatoms. The monoisotopic (exact) mass is 314 g/mol. The second-order valence-corrected chi connectivity index (χ2v) is 5.68. The lowest BCUT2D eigenvalue weighted by Gasteiger charge is -2.17. The van der Waals surface area contributed by atoms with Crippen molar-refractivity contribution in [1.29, 1.82) is 0 Å². The molecule has 120 valence electrons. The highest BCUT2D eigenvalue weighted by atomic mass is 19.1. The van der Waals surface area contributed by atoms with Crippen LogP contribution in [0.2, 0.25) is 0 Å². The molecule has 3 rings (SSSR count). The Kier molecular flexibility index (Phi) is 4.57. The fourth-order valence-corrected chi connectivity index (χ4v) is 2.96. The third-order valence-electron chi connectivity index (χ3n) is 4.16. The number of rotatable bonds is 4. The Morgan fingerprint density at radius 3 is 2.78 bits per heavy atom. The highest BCUT2D eigenvalue weighted by Gasteiger charge is 2.23. The summed E-state index contributed by atoms with van der Waals surface area (Å²) in [5, 5.41) is 15.5. The van der Waals surface area contributed by atoms with Crippen molar-refractivity contribution in [3.8, 4) is 0 Å². The van der Waals surface area contributed by atoms with Gasteiger partial charge in [-0.15, -0.1) is 0 Å². The first-order chi connectivity index (χ1) is 11.1. The van der Waals surface area contributed by atoms with Crippen molar-refractivity contribution in [3.63, 3.8) is 0 Å². The van der Waals surface area contributed by atoms with Crippen molar-refractivity contribution >= 4 is 6.03 Å². The van der Waals surface area contributed by atoms with Gasteiger partial charge in [-0.25, -0.2) is 9.18 Å². The smallest absolute Gasteiger partial charge is 0.315 e. The molecule has 0 fully saturated rings. The topological polar surface area (TPSA) is 61.4 Å². The van der Waals surface area contributed by atoms with Crippen molar-refractivity contribution in [2.75, 3.05) is 6.54 Å². The van der Waals surface area contributed by atoms with Gasteiger partial charge in [0.2, 0.25) is 0 Å². The molecule has 0 aliphatic heterocycles. The zero-order chi connectivity index (χ0) is 16.2. The molecule has 2 unspecified atom stereocenters. The van der Waals surface area contributed by atoms with Crippen molar-refractivity contribution in [1.82, 2.24) is 10.6 Å². The average molecular weight is 314 g/mol. The minimum absolute atomic E-state index is 0.0168. The predicted molar refractivity (Wildman–Crippen MR) is 85.4 cm³/mol. The van der Waals surface area contributed by atoms with E-state index in [1.54, 1.807) is 12.1 Å². The van der Waals surface area contributed by atoms with E-state index in [2.05, 4.69) is 16.7 Å². The summed E-state index contributed by atoms with van der Waals surface area (Å²) in [6, 6.07) is 13.7. The maximum atomic E-state index is 13.6. The number of aliphatic hydroxyl groups is 1. The number of carbonyl (C=O) groups excluding carboxylic acids is 1. The summed E-state index contributed by atoms with van der Waals surface area (Å²) in [5.41, 5.74) is 2.57. The van der Waals surface area contributed by atoms with Gasteiger partial charge in [-0.1, -0.05) is 42.5 Å². The molecule has 1 aliphatic carbocycles. The quantitative estimate of drug-likeness (QED) is 0.812. The number of hydrogen-bond acceptors (Lipinski definition) is 2. The van der Waals surface area contributed by atoms with Gasteiger partial charge in [0.25, 0.3) is 0 Å². The number of halogens is 1. The molecular weight excluding hydrogens is 295 g/mol. The first-order valence-electron chi connectivity index (χ1n) is 7.70. The highest BCUT2D eigenvalue weighted by Crippen LogP contribution is 2.30. The molecular formula is C18H19FN2O2. The number of aliphatic hydroxyl groups excluding tert-OH is 1. The molecule has 4 nitrogen and oxygen atoms in total. The summed E-state index contributed by atoms with van der Waals surface area (Å²) >= 11 is 0. The van der Waals surface area contributed by atoms with Crippen LogP contribution in [0.25, 0.3) is 0 Å². The van der Waals surface area contributed by atoms with Crippen molar-refractivity contribution in [2.45, 2.75) is 25.0 Å². The van der Waals surface area contributed by atoms with Crippen LogP contribution in [0.15, 0.2) is 48.5 Å². The van der Waals surface area contributed by atoms with E-state index >= 15 is 0 Å². The van der Waals surface area contributed by atoms with Crippen LogP contribution in [-0.4, -0.2) is 17.7 Å². The molecule has 2 atom stereocenters. The molecule has 3 N–H and O–H groups in total. The third kappa shape index (κ3) is 3.51. The lowest BCUT2D eigenvalue weighted by atomic mass is 10.1. The van der Waals surface area contributed by atoms with Gasteiger partial charge in [-0.2, -0.15) is 0 Å². The molecule has 2 aromatic rings. The van der Waals surface area contributed by atoms with Gasteiger partial charge in [0.1, 0.15) is 5.82 Å². The van der Waals surface area contributed by atoms with Gasteiger partial charge >= 0.3 is 6.03 Å². The van der Waals surface area contributed by atoms with Crippen molar-refractivity contribution in [3.05, 3.63) is 71.0 Å². The van der Waals surface area contributed by atoms with Crippen LogP contribution >= 0.6 is 0 Å². The van der Waals surface area contributed by atoms with Gasteiger partial charge in [-0.05, 0) is 30.0 Å². The maximum Gasteiger partial charge on any atom is 0.315 e. The molecule has 2 amide bonds. The van der Waals surface area contributed by atoms with E-state index in [1.165, 1.54) is 17.7 Å². The first-order valence-corrected chi connectivity index (χ1v) is 7.70. The molecule has 0 saturated heterocycles. The van der Waals surface area contributed by atoms with Crippen LogP contribution < -0.4 is 10.6 Å². The van der Waals surface area contributed by atoms with E-state index in [-0.39, 0.29) is 24.2 Å². The van der Waals surface area contributed by atoms with Crippen LogP contribution in [0, 0.1) is 5.82 Å². The second-order valence-electron chi connectivity index (χ2n) is 5.68. The van der Waals surface area contributed by atoms with E-state index in [9.17, 15) is 14.3 Å². The minimum atomic E-state index is -1.07. The van der Waals surface area contributed by atoms with Crippen molar-refractivity contribution < 1.29 is 14.3 Å². The Balaban J connectivity index is 1.54. The summed E-state index contributed by atoms with van der Waals surface area (Å²) in [5.74, 6) is -0.480. The Hall–Kier alpha value is -2.40. The maximum absolute atomic E-state index is 13.6. The standard InChI is InChI=1S/C18H19FN2O2/c19-15-8-4-3-7-14(15)17(22)11-20-18(23)21-16-10-9-12-5-1-2-6-13(12)16/h1-8,16-17,22H,9-11H2,(H2,20,21,23). The zero-order valence-corrected chi connectivity index (χ0v) is 12.6. The molecule has 0 heterocycles. The molecule has 0 aromatic heterocycles. The largest absolute Gasteiger partial charge is 0.386 e. The number of nitrogens with one attached hydrogen (secondary N) is 2. The van der Waals surface area contributed by atoms with E-state index in [0.29, 0.717) is 0 Å². The van der Waals surface area contributed by atoms with Crippen LogP contribution in [0.5, 0.6) is 0 Å². The van der Waals surface area contributed by atoms with Crippen LogP contribution in [0.1, 0.15) is 35.3 Å². The van der Waals surface area contributed by atoms with Crippen LogP contribution in [0.4, 0.5) is 9.18 Å². The van der Waals surface area contributed by atoms with Crippen molar-refractivity contribution in [2.24, 2.45) is 0 Å². The van der Waals surface area contributed by atoms with E-state index in [4.69, 9.17) is 0 Å². The van der Waals surface area contributed by atoms with E-state index in [0.717, 1.165) is 18.4 Å². The third-order valence-corrected chi connectivity index (χ3v) is 4.16. The number of fused-ring (bicyclic) bond motifs is 1. The van der Waals surface area contributed by atoms with E-state index < -0.39 is 11.9 Å². The van der Waals surface area contributed by atoms with Gasteiger partial charge in [0.15, 0.2) is 0 Å². The Morgan fingerprint density at radius 2 is 1.96 bits per heavy atom. The first kappa shape index (κ1) is 15.5. The number of amides is 2. The van der Waals surface area contributed by atoms with Crippen LogP contribution in [0.3, 0.4) is 0 Å². The molecule has 2 aromatic carbocycles. The number of urea groups is 1. The Morgan fingerprint density at radius 1 is 1.22 bits per heavy atom. The molecule has 0 radical (unpaired) electrons. The molecule has 0 saturated carbocycles. The average Bonchev–Trinajstić information content (AvgIpc) is 2.96. The fourth-order valence-electron chi connectivity index (χ4n) is 2.96. The summed E-state index contributed by atoms with van der Waals surface area (Å²) < 4.78 is 13.6. The number of hydrogen-bond donors (Lipinski definition) is 3. The normalized spacial score (nSPS) is 17.4. The summed E-state index contributed by atoms with van der Waals surface area (Å²) in [7, 11) is 0. The van der Waals surface area contributed by atoms with Gasteiger partial charge in [-0.3, -0.25) is 0 Å². The zero-order valence-electron chi connectivity index (χ0n) is 12.6. The lowest BCUT2D eigenvalue weighted by Crippen LogP contribution is -2.39. The number of benzene rings is 2. The lowest BCUT2D eigenvalue weighted by molar-refractivity contribution is 0.168. The molecule has 23 heavy (non-hydrogen) atoms. The second kappa shape index (κ2) is 6.79. The summed E-state index contributed by atoms with van der Waals surface area (Å²) in [4.78, 5) is 12.0. The van der Waals surface area contributed by atoms with Gasteiger partial charge < -0.3 is 15.7 Å². The SMILES string of the molecule is O=C(NCC(O)c1ccccc1F)NC1CCc2ccccc21. The molecule has 1 aliphatic rings. The minimum Gasteiger partial charge on any atom is -0.386 e. The predicted octanol–water partition coefficient (Wildman–Crippen LogP) is 2.85. The Bertz CT molecular complexity index is 705. The van der Waals surface area contributed by atoms with Gasteiger partial charge in [0.05, 0.1) is 12.1 Å². The summed E-state index contributed by atoms with van der Waals surface area (Å²) in [6.07, 6.45) is 0.736. The Labute approximate surface area is 134 Å². The number of aryl methyl sites for hydroxylation is 1. The van der Waals surface area contributed by atoms with E-state index in [1.807, 2.05) is 18.2 Å². The molecule has 0 spiro atoms. The molecule has 0 bridgehead atoms. The summed E-state index contributed by atoms with van der Waals surface area (Å²) in [6.45, 7) is -0.0405. The highest BCUT2D eigenvalue weighted by molar-refractivity contribution is 5.74. The fraction of sp³-hybridized carbons (Fsp3) is 0.278. The van der Waals surface area contributed by atoms with Gasteiger partial charge in [0, 0.05) is 12.1 Å². The van der Waals surface area contributed by atoms with Crippen LogP contribution in [-0.2, 0) is 6.42 Å². The number of carbonyl (C=O) groups is 1.